The quantitative estimate of drug-likeness (QED) is 0.809. The van der Waals surface area contributed by atoms with Crippen molar-refractivity contribution in [1.29, 1.82) is 0 Å². The summed E-state index contributed by atoms with van der Waals surface area (Å²) in [7, 11) is 0. The number of aliphatic imine (C=N–C) groups is 1. The molecule has 130 valence electrons. The van der Waals surface area contributed by atoms with Crippen LogP contribution in [0.25, 0.3) is 0 Å². The Balaban J connectivity index is 1.89. The van der Waals surface area contributed by atoms with Crippen molar-refractivity contribution in [3.8, 4) is 0 Å². The van der Waals surface area contributed by atoms with Crippen LogP contribution in [0.15, 0.2) is 16.9 Å². The Hall–Kier alpha value is -1.48. The van der Waals surface area contributed by atoms with Gasteiger partial charge in [-0.15, -0.1) is 0 Å². The van der Waals surface area contributed by atoms with Crippen molar-refractivity contribution in [3.63, 3.8) is 0 Å². The van der Waals surface area contributed by atoms with Gasteiger partial charge in [0.15, 0.2) is 6.10 Å². The Bertz CT molecular complexity index is 503. The highest BCUT2D eigenvalue weighted by Gasteiger charge is 2.49. The molecule has 0 radical (unpaired) electrons. The van der Waals surface area contributed by atoms with Crippen molar-refractivity contribution in [3.05, 3.63) is 11.9 Å². The first-order valence-electron chi connectivity index (χ1n) is 7.83. The Morgan fingerprint density at radius 1 is 1.52 bits per heavy atom. The number of amidine groups is 1. The molecule has 3 heterocycles. The van der Waals surface area contributed by atoms with Crippen molar-refractivity contribution in [2.75, 3.05) is 19.8 Å². The molecule has 3 atom stereocenters. The van der Waals surface area contributed by atoms with Crippen molar-refractivity contribution in [2.24, 2.45) is 4.99 Å². The third-order valence-electron chi connectivity index (χ3n) is 4.23. The minimum absolute atomic E-state index is 0.404. The molecule has 2 N–H and O–H groups in total. The topological polar surface area (TPSA) is 60.3 Å². The molecule has 3 aliphatic rings. The Morgan fingerprint density at radius 3 is 2.91 bits per heavy atom. The van der Waals surface area contributed by atoms with Gasteiger partial charge in [0.25, 0.3) is 0 Å². The van der Waals surface area contributed by atoms with Gasteiger partial charge in [-0.1, -0.05) is 6.92 Å². The molecule has 6 nitrogen and oxygen atoms in total. The largest absolute Gasteiger partial charge is 0.418 e. The Morgan fingerprint density at radius 2 is 2.30 bits per heavy atom. The first-order valence-corrected chi connectivity index (χ1v) is 7.83. The highest BCUT2D eigenvalue weighted by atomic mass is 19.4. The SMILES string of the molecule is CCCN1CN=C2NC(C(O)C(F)(F)F)N(C3CCCO3)C=C21. The molecule has 0 amide bonds. The number of halogens is 3. The zero-order chi connectivity index (χ0) is 16.6. The monoisotopic (exact) mass is 334 g/mol. The summed E-state index contributed by atoms with van der Waals surface area (Å²) >= 11 is 0. The van der Waals surface area contributed by atoms with Crippen LogP contribution in [0.2, 0.25) is 0 Å². The molecule has 0 aliphatic carbocycles. The van der Waals surface area contributed by atoms with Crippen LogP contribution in [0.5, 0.6) is 0 Å². The van der Waals surface area contributed by atoms with Gasteiger partial charge in [-0.3, -0.25) is 0 Å². The van der Waals surface area contributed by atoms with Gasteiger partial charge in [-0.05, 0) is 19.3 Å². The van der Waals surface area contributed by atoms with Gasteiger partial charge in [-0.2, -0.15) is 13.2 Å². The van der Waals surface area contributed by atoms with E-state index in [9.17, 15) is 18.3 Å². The lowest BCUT2D eigenvalue weighted by molar-refractivity contribution is -0.228. The molecule has 0 spiro atoms. The van der Waals surface area contributed by atoms with Crippen molar-refractivity contribution in [2.45, 2.75) is 50.9 Å². The molecular weight excluding hydrogens is 313 g/mol. The molecule has 23 heavy (non-hydrogen) atoms. The maximum Gasteiger partial charge on any atom is 0.418 e. The van der Waals surface area contributed by atoms with E-state index in [1.54, 1.807) is 6.20 Å². The summed E-state index contributed by atoms with van der Waals surface area (Å²) < 4.78 is 44.6. The standard InChI is InChI=1S/C14H21F3N4O2/c1-2-5-20-8-18-12-9(20)7-21(10-4-3-6-23-10)13(19-12)11(22)14(15,16)17/h7,10-11,13,22H,2-6,8H2,1H3,(H,18,19). The average Bonchev–Trinajstić information content (AvgIpc) is 3.14. The van der Waals surface area contributed by atoms with Crippen molar-refractivity contribution < 1.29 is 23.0 Å². The molecule has 0 aromatic heterocycles. The van der Waals surface area contributed by atoms with Crippen LogP contribution in [-0.4, -0.2) is 65.2 Å². The summed E-state index contributed by atoms with van der Waals surface area (Å²) in [4.78, 5) is 7.70. The number of aliphatic hydroxyl groups is 1. The summed E-state index contributed by atoms with van der Waals surface area (Å²) in [6.45, 7) is 3.73. The van der Waals surface area contributed by atoms with E-state index >= 15 is 0 Å². The molecule has 1 fully saturated rings. The second-order valence-corrected chi connectivity index (χ2v) is 5.92. The lowest BCUT2D eigenvalue weighted by Gasteiger charge is -2.42. The molecule has 0 aromatic rings. The number of nitrogens with zero attached hydrogens (tertiary/aromatic N) is 3. The van der Waals surface area contributed by atoms with E-state index in [4.69, 9.17) is 4.74 Å². The van der Waals surface area contributed by atoms with Gasteiger partial charge in [0, 0.05) is 19.4 Å². The van der Waals surface area contributed by atoms with E-state index in [-0.39, 0.29) is 0 Å². The first kappa shape index (κ1) is 16.4. The van der Waals surface area contributed by atoms with E-state index < -0.39 is 24.7 Å². The summed E-state index contributed by atoms with van der Waals surface area (Å²) in [5.41, 5.74) is 0.757. The lowest BCUT2D eigenvalue weighted by Crippen LogP contribution is -2.62. The van der Waals surface area contributed by atoms with Gasteiger partial charge in [-0.25, -0.2) is 4.99 Å². The summed E-state index contributed by atoms with van der Waals surface area (Å²) in [6, 6.07) is 0. The predicted octanol–water partition coefficient (Wildman–Crippen LogP) is 1.20. The van der Waals surface area contributed by atoms with Gasteiger partial charge < -0.3 is 25.0 Å². The zero-order valence-electron chi connectivity index (χ0n) is 12.9. The number of hydrogen-bond donors (Lipinski definition) is 2. The molecule has 0 aromatic carbocycles. The predicted molar refractivity (Wildman–Crippen MR) is 77.2 cm³/mol. The van der Waals surface area contributed by atoms with Gasteiger partial charge in [0.2, 0.25) is 0 Å². The fraction of sp³-hybridized carbons (Fsp3) is 0.786. The van der Waals surface area contributed by atoms with Crippen LogP contribution < -0.4 is 5.32 Å². The molecule has 0 bridgehead atoms. The molecule has 3 unspecified atom stereocenters. The number of rotatable bonds is 4. The minimum atomic E-state index is -4.72. The lowest BCUT2D eigenvalue weighted by atomic mass is 10.1. The van der Waals surface area contributed by atoms with Crippen molar-refractivity contribution in [1.82, 2.24) is 15.1 Å². The Kier molecular flexibility index (Phi) is 4.41. The smallest absolute Gasteiger partial charge is 0.380 e. The Labute approximate surface area is 132 Å². The van der Waals surface area contributed by atoms with Crippen LogP contribution in [-0.2, 0) is 4.74 Å². The van der Waals surface area contributed by atoms with E-state index in [0.29, 0.717) is 25.5 Å². The maximum atomic E-state index is 13.0. The number of ether oxygens (including phenoxy) is 1. The average molecular weight is 334 g/mol. The number of alkyl halides is 3. The number of hydrogen-bond acceptors (Lipinski definition) is 6. The van der Waals surface area contributed by atoms with Crippen molar-refractivity contribution >= 4 is 5.84 Å². The minimum Gasteiger partial charge on any atom is -0.380 e. The zero-order valence-corrected chi connectivity index (χ0v) is 12.9. The second-order valence-electron chi connectivity index (χ2n) is 5.92. The van der Waals surface area contributed by atoms with E-state index in [1.165, 1.54) is 4.90 Å². The van der Waals surface area contributed by atoms with E-state index in [1.807, 2.05) is 11.8 Å². The fourth-order valence-corrected chi connectivity index (χ4v) is 3.10. The summed E-state index contributed by atoms with van der Waals surface area (Å²) in [6.07, 6.45) is -5.06. The normalized spacial score (nSPS) is 29.1. The van der Waals surface area contributed by atoms with Gasteiger partial charge in [0.05, 0.1) is 5.70 Å². The summed E-state index contributed by atoms with van der Waals surface area (Å²) in [5, 5.41) is 12.5. The molecule has 1 saturated heterocycles. The van der Waals surface area contributed by atoms with Crippen LogP contribution in [0.3, 0.4) is 0 Å². The molecule has 0 saturated carbocycles. The molecule has 3 aliphatic heterocycles. The van der Waals surface area contributed by atoms with Gasteiger partial charge in [0.1, 0.15) is 24.9 Å². The third-order valence-corrected chi connectivity index (χ3v) is 4.23. The maximum absolute atomic E-state index is 13.0. The molecule has 3 rings (SSSR count). The molecular formula is C14H21F3N4O2. The second kappa shape index (κ2) is 6.20. The third kappa shape index (κ3) is 3.12. The highest BCUT2D eigenvalue weighted by Crippen LogP contribution is 2.31. The number of nitrogens with one attached hydrogen (secondary N) is 1. The number of aliphatic hydroxyl groups excluding tert-OH is 1. The van der Waals surface area contributed by atoms with E-state index in [0.717, 1.165) is 25.1 Å². The summed E-state index contributed by atoms with van der Waals surface area (Å²) in [5.74, 6) is 0.404. The van der Waals surface area contributed by atoms with Gasteiger partial charge >= 0.3 is 6.18 Å². The number of fused-ring (bicyclic) bond motifs is 1. The van der Waals surface area contributed by atoms with Crippen LogP contribution in [0.4, 0.5) is 13.2 Å². The van der Waals surface area contributed by atoms with E-state index in [2.05, 4.69) is 10.3 Å². The highest BCUT2D eigenvalue weighted by molar-refractivity contribution is 6.00. The molecule has 9 heteroatoms. The van der Waals surface area contributed by atoms with Crippen LogP contribution in [0, 0.1) is 0 Å². The van der Waals surface area contributed by atoms with Crippen LogP contribution in [0.1, 0.15) is 26.2 Å². The fourth-order valence-electron chi connectivity index (χ4n) is 3.10. The van der Waals surface area contributed by atoms with Crippen LogP contribution >= 0.6 is 0 Å². The first-order chi connectivity index (χ1) is 10.9.